The number of rotatable bonds is 3. The van der Waals surface area contributed by atoms with E-state index in [1.54, 1.807) is 0 Å². The van der Waals surface area contributed by atoms with Crippen LogP contribution in [0.5, 0.6) is 0 Å². The summed E-state index contributed by atoms with van der Waals surface area (Å²) in [5, 5.41) is 10.6. The summed E-state index contributed by atoms with van der Waals surface area (Å²) >= 11 is 0. The molecule has 0 aliphatic carbocycles. The van der Waals surface area contributed by atoms with Crippen LogP contribution in [-0.4, -0.2) is 19.6 Å². The van der Waals surface area contributed by atoms with E-state index in [1.807, 2.05) is 0 Å². The van der Waals surface area contributed by atoms with Crippen LogP contribution in [0.3, 0.4) is 0 Å². The maximum atomic E-state index is 11.1. The van der Waals surface area contributed by atoms with Crippen molar-refractivity contribution in [2.75, 3.05) is 11.7 Å². The van der Waals surface area contributed by atoms with Crippen LogP contribution < -0.4 is 11.3 Å². The summed E-state index contributed by atoms with van der Waals surface area (Å²) in [5.74, 6) is 5.04. The van der Waals surface area contributed by atoms with Crippen LogP contribution in [0.4, 0.5) is 11.4 Å². The monoisotopic (exact) mass is 231 g/mol. The minimum atomic E-state index is -3.46. The Labute approximate surface area is 85.9 Å². The van der Waals surface area contributed by atoms with Crippen LogP contribution in [0.15, 0.2) is 23.1 Å². The number of sulfone groups is 1. The number of nitrogen functional groups attached to an aromatic ring is 1. The SMILES string of the molecule is CS(=O)(=O)c1ccc(NN)c([N+](=O)[O-])c1. The zero-order valence-corrected chi connectivity index (χ0v) is 8.61. The molecule has 0 saturated carbocycles. The van der Waals surface area contributed by atoms with Crippen molar-refractivity contribution < 1.29 is 13.3 Å². The van der Waals surface area contributed by atoms with Crippen molar-refractivity contribution in [3.63, 3.8) is 0 Å². The van der Waals surface area contributed by atoms with E-state index in [1.165, 1.54) is 12.1 Å². The molecular formula is C7H9N3O4S. The van der Waals surface area contributed by atoms with Gasteiger partial charge in [-0.15, -0.1) is 0 Å². The summed E-state index contributed by atoms with van der Waals surface area (Å²) in [5.41, 5.74) is 1.81. The lowest BCUT2D eigenvalue weighted by Crippen LogP contribution is -2.09. The predicted molar refractivity (Wildman–Crippen MR) is 54.0 cm³/mol. The van der Waals surface area contributed by atoms with Gasteiger partial charge in [-0.25, -0.2) is 8.42 Å². The predicted octanol–water partition coefficient (Wildman–Crippen LogP) is 0.284. The molecule has 0 aliphatic rings. The van der Waals surface area contributed by atoms with Crippen molar-refractivity contribution in [1.29, 1.82) is 0 Å². The van der Waals surface area contributed by atoms with Crippen molar-refractivity contribution in [3.05, 3.63) is 28.3 Å². The zero-order valence-electron chi connectivity index (χ0n) is 7.80. The number of nitrogens with one attached hydrogen (secondary N) is 1. The third kappa shape index (κ3) is 2.42. The van der Waals surface area contributed by atoms with Gasteiger partial charge in [0.2, 0.25) is 0 Å². The van der Waals surface area contributed by atoms with Gasteiger partial charge in [-0.2, -0.15) is 0 Å². The first kappa shape index (κ1) is 11.4. The number of nitro groups is 1. The van der Waals surface area contributed by atoms with Gasteiger partial charge < -0.3 is 5.43 Å². The Morgan fingerprint density at radius 1 is 1.47 bits per heavy atom. The van der Waals surface area contributed by atoms with Crippen LogP contribution in [-0.2, 0) is 9.84 Å². The van der Waals surface area contributed by atoms with E-state index in [-0.39, 0.29) is 16.3 Å². The molecule has 0 bridgehead atoms. The van der Waals surface area contributed by atoms with Gasteiger partial charge >= 0.3 is 0 Å². The minimum Gasteiger partial charge on any atom is -0.318 e. The Morgan fingerprint density at radius 2 is 2.07 bits per heavy atom. The lowest BCUT2D eigenvalue weighted by atomic mass is 10.3. The maximum Gasteiger partial charge on any atom is 0.294 e. The van der Waals surface area contributed by atoms with Gasteiger partial charge in [-0.1, -0.05) is 0 Å². The molecule has 0 spiro atoms. The van der Waals surface area contributed by atoms with Crippen molar-refractivity contribution in [1.82, 2.24) is 0 Å². The molecule has 0 radical (unpaired) electrons. The van der Waals surface area contributed by atoms with Gasteiger partial charge in [0.05, 0.1) is 9.82 Å². The van der Waals surface area contributed by atoms with Crippen LogP contribution in [0, 0.1) is 10.1 Å². The second kappa shape index (κ2) is 3.83. The van der Waals surface area contributed by atoms with E-state index in [0.717, 1.165) is 12.3 Å². The molecule has 15 heavy (non-hydrogen) atoms. The molecule has 0 fully saturated rings. The fourth-order valence-corrected chi connectivity index (χ4v) is 1.66. The standard InChI is InChI=1S/C7H9N3O4S/c1-15(13,14)5-2-3-6(9-8)7(4-5)10(11)12/h2-4,9H,8H2,1H3. The average Bonchev–Trinajstić information content (AvgIpc) is 2.15. The molecule has 0 saturated heterocycles. The van der Waals surface area contributed by atoms with Crippen LogP contribution in [0.1, 0.15) is 0 Å². The van der Waals surface area contributed by atoms with E-state index >= 15 is 0 Å². The molecule has 7 nitrogen and oxygen atoms in total. The van der Waals surface area contributed by atoms with Gasteiger partial charge in [0.15, 0.2) is 9.84 Å². The molecule has 0 amide bonds. The highest BCUT2D eigenvalue weighted by atomic mass is 32.2. The molecule has 0 aromatic heterocycles. The fourth-order valence-electron chi connectivity index (χ4n) is 1.02. The topological polar surface area (TPSA) is 115 Å². The molecule has 3 N–H and O–H groups in total. The van der Waals surface area contributed by atoms with E-state index < -0.39 is 14.8 Å². The van der Waals surface area contributed by atoms with E-state index in [2.05, 4.69) is 5.43 Å². The Kier molecular flexibility index (Phi) is 2.91. The number of nitrogens with zero attached hydrogens (tertiary/aromatic N) is 1. The molecular weight excluding hydrogens is 222 g/mol. The maximum absolute atomic E-state index is 11.1. The molecule has 0 heterocycles. The first-order chi connectivity index (χ1) is 6.86. The number of nitro benzene ring substituents is 1. The minimum absolute atomic E-state index is 0.0624. The highest BCUT2D eigenvalue weighted by Gasteiger charge is 2.17. The zero-order chi connectivity index (χ0) is 11.6. The lowest BCUT2D eigenvalue weighted by Gasteiger charge is -2.03. The quantitative estimate of drug-likeness (QED) is 0.438. The highest BCUT2D eigenvalue weighted by molar-refractivity contribution is 7.90. The smallest absolute Gasteiger partial charge is 0.294 e. The number of hydrogen-bond donors (Lipinski definition) is 2. The number of hydrazine groups is 1. The van der Waals surface area contributed by atoms with Crippen molar-refractivity contribution >= 4 is 21.2 Å². The van der Waals surface area contributed by atoms with E-state index in [9.17, 15) is 18.5 Å². The molecule has 1 rings (SSSR count). The number of nitrogens with two attached hydrogens (primary N) is 1. The van der Waals surface area contributed by atoms with Gasteiger partial charge in [-0.3, -0.25) is 16.0 Å². The highest BCUT2D eigenvalue weighted by Crippen LogP contribution is 2.26. The normalized spacial score (nSPS) is 11.1. The Morgan fingerprint density at radius 3 is 2.47 bits per heavy atom. The first-order valence-electron chi connectivity index (χ1n) is 3.81. The number of hydrogen-bond acceptors (Lipinski definition) is 6. The Bertz CT molecular complexity index is 497. The summed E-state index contributed by atoms with van der Waals surface area (Å²) in [7, 11) is -3.46. The molecule has 1 aromatic carbocycles. The second-order valence-electron chi connectivity index (χ2n) is 2.85. The average molecular weight is 231 g/mol. The summed E-state index contributed by atoms with van der Waals surface area (Å²) in [6.07, 6.45) is 0.974. The van der Waals surface area contributed by atoms with Gasteiger partial charge in [0, 0.05) is 12.3 Å². The fraction of sp³-hybridized carbons (Fsp3) is 0.143. The number of benzene rings is 1. The lowest BCUT2D eigenvalue weighted by molar-refractivity contribution is -0.384. The van der Waals surface area contributed by atoms with Crippen molar-refractivity contribution in [3.8, 4) is 0 Å². The van der Waals surface area contributed by atoms with E-state index in [4.69, 9.17) is 5.84 Å². The Hall–Kier alpha value is -1.67. The summed E-state index contributed by atoms with van der Waals surface area (Å²) in [6, 6.07) is 3.45. The van der Waals surface area contributed by atoms with Crippen LogP contribution in [0.2, 0.25) is 0 Å². The summed E-state index contributed by atoms with van der Waals surface area (Å²) in [6.45, 7) is 0. The molecule has 0 aliphatic heterocycles. The summed E-state index contributed by atoms with van der Waals surface area (Å²) < 4.78 is 22.3. The van der Waals surface area contributed by atoms with Crippen molar-refractivity contribution in [2.24, 2.45) is 5.84 Å². The second-order valence-corrected chi connectivity index (χ2v) is 4.87. The summed E-state index contributed by atoms with van der Waals surface area (Å²) in [4.78, 5) is 9.75. The van der Waals surface area contributed by atoms with E-state index in [0.29, 0.717) is 0 Å². The van der Waals surface area contributed by atoms with Crippen LogP contribution >= 0.6 is 0 Å². The largest absolute Gasteiger partial charge is 0.318 e. The van der Waals surface area contributed by atoms with Gasteiger partial charge in [-0.05, 0) is 12.1 Å². The Balaban J connectivity index is 3.42. The molecule has 0 unspecified atom stereocenters. The van der Waals surface area contributed by atoms with Gasteiger partial charge in [0.1, 0.15) is 5.69 Å². The molecule has 82 valence electrons. The molecule has 8 heteroatoms. The van der Waals surface area contributed by atoms with Crippen LogP contribution in [0.25, 0.3) is 0 Å². The molecule has 0 atom stereocenters. The number of anilines is 1. The molecule has 1 aromatic rings. The van der Waals surface area contributed by atoms with Gasteiger partial charge in [0.25, 0.3) is 5.69 Å². The third-order valence-corrected chi connectivity index (χ3v) is 2.86. The first-order valence-corrected chi connectivity index (χ1v) is 5.70. The van der Waals surface area contributed by atoms with Crippen molar-refractivity contribution in [2.45, 2.75) is 4.90 Å². The third-order valence-electron chi connectivity index (χ3n) is 1.75.